The monoisotopic (exact) mass is 299 g/mol. The second kappa shape index (κ2) is 3.50. The van der Waals surface area contributed by atoms with E-state index in [-0.39, 0.29) is 5.76 Å². The predicted octanol–water partition coefficient (Wildman–Crippen LogP) is 1.97. The third kappa shape index (κ3) is 1.34. The van der Waals surface area contributed by atoms with Gasteiger partial charge in [0.15, 0.2) is 5.58 Å². The molecule has 1 aromatic heterocycles. The zero-order valence-electron chi connectivity index (χ0n) is 7.16. The molecule has 2 aromatic rings. The Morgan fingerprint density at radius 2 is 2.36 bits per heavy atom. The summed E-state index contributed by atoms with van der Waals surface area (Å²) in [6, 6.07) is 5.48. The van der Waals surface area contributed by atoms with Crippen molar-refractivity contribution in [3.8, 4) is 12.3 Å². The molecule has 0 spiro atoms. The maximum Gasteiger partial charge on any atom is 0.429 e. The quantitative estimate of drug-likeness (QED) is 0.596. The minimum Gasteiger partial charge on any atom is -0.407 e. The lowest BCUT2D eigenvalue weighted by atomic mass is 10.1. The molecular formula is C10H6INO2. The molecule has 0 amide bonds. The normalized spacial score (nSPS) is 10.3. The second-order valence-electron chi connectivity index (χ2n) is 2.79. The van der Waals surface area contributed by atoms with E-state index in [0.717, 1.165) is 11.1 Å². The number of aromatic nitrogens is 1. The molecule has 0 atom stereocenters. The van der Waals surface area contributed by atoms with Crippen molar-refractivity contribution in [2.24, 2.45) is 0 Å². The number of hydrogen-bond acceptors (Lipinski definition) is 2. The Balaban J connectivity index is 2.85. The van der Waals surface area contributed by atoms with Crippen LogP contribution in [0.5, 0.6) is 0 Å². The largest absolute Gasteiger partial charge is 0.429 e. The van der Waals surface area contributed by atoms with Gasteiger partial charge in [-0.25, -0.2) is 7.58 Å². The number of terminal acetylenes is 1. The summed E-state index contributed by atoms with van der Waals surface area (Å²) in [5.41, 5.74) is 2.29. The van der Waals surface area contributed by atoms with Crippen LogP contribution in [0.2, 0.25) is 0 Å². The van der Waals surface area contributed by atoms with Gasteiger partial charge in [-0.2, -0.15) is 0 Å². The van der Waals surface area contributed by atoms with Gasteiger partial charge in [0.25, 0.3) is 0 Å². The van der Waals surface area contributed by atoms with Crippen LogP contribution in [0, 0.1) is 12.3 Å². The molecule has 0 fully saturated rings. The lowest BCUT2D eigenvalue weighted by molar-refractivity contribution is 0.553. The minimum atomic E-state index is -0.370. The summed E-state index contributed by atoms with van der Waals surface area (Å²) in [6.07, 6.45) is 5.74. The number of hydrogen-bond donors (Lipinski definition) is 0. The molecule has 0 aliphatic heterocycles. The highest BCUT2D eigenvalue weighted by atomic mass is 127. The van der Waals surface area contributed by atoms with Gasteiger partial charge in [0, 0.05) is 6.42 Å². The average Bonchev–Trinajstić information content (AvgIpc) is 2.45. The van der Waals surface area contributed by atoms with Crippen LogP contribution in [0.3, 0.4) is 0 Å². The summed E-state index contributed by atoms with van der Waals surface area (Å²) in [4.78, 5) is 11.2. The van der Waals surface area contributed by atoms with Gasteiger partial charge in [-0.1, -0.05) is 12.1 Å². The first-order chi connectivity index (χ1) is 6.74. The van der Waals surface area contributed by atoms with Gasteiger partial charge in [-0.05, 0) is 11.6 Å². The van der Waals surface area contributed by atoms with Crippen molar-refractivity contribution < 1.29 is 4.42 Å². The SMILES string of the molecule is C#CCc1cccc2oc(=O)n(I)c12. The molecule has 0 aliphatic rings. The van der Waals surface area contributed by atoms with Crippen molar-refractivity contribution >= 4 is 34.0 Å². The molecule has 14 heavy (non-hydrogen) atoms. The van der Waals surface area contributed by atoms with E-state index in [1.165, 1.54) is 2.78 Å². The molecule has 3 nitrogen and oxygen atoms in total. The fraction of sp³-hybridized carbons (Fsp3) is 0.100. The van der Waals surface area contributed by atoms with E-state index in [1.54, 1.807) is 6.07 Å². The minimum absolute atomic E-state index is 0.370. The third-order valence-corrected chi connectivity index (χ3v) is 2.81. The number of nitrogens with zero attached hydrogens (tertiary/aromatic N) is 1. The van der Waals surface area contributed by atoms with Crippen LogP contribution in [-0.2, 0) is 6.42 Å². The van der Waals surface area contributed by atoms with Crippen LogP contribution >= 0.6 is 22.9 Å². The third-order valence-electron chi connectivity index (χ3n) is 1.93. The van der Waals surface area contributed by atoms with E-state index in [2.05, 4.69) is 5.92 Å². The van der Waals surface area contributed by atoms with Crippen molar-refractivity contribution in [1.82, 2.24) is 2.78 Å². The number of rotatable bonds is 1. The first-order valence-corrected chi connectivity index (χ1v) is 4.93. The number of halogens is 1. The van der Waals surface area contributed by atoms with Crippen molar-refractivity contribution in [2.75, 3.05) is 0 Å². The molecule has 1 aromatic carbocycles. The highest BCUT2D eigenvalue weighted by Gasteiger charge is 2.09. The maximum absolute atomic E-state index is 11.2. The van der Waals surface area contributed by atoms with E-state index >= 15 is 0 Å². The Labute approximate surface area is 94.2 Å². The molecule has 0 N–H and O–H groups in total. The lowest BCUT2D eigenvalue weighted by Gasteiger charge is -1.97. The summed E-state index contributed by atoms with van der Waals surface area (Å²) >= 11 is 1.90. The van der Waals surface area contributed by atoms with Gasteiger partial charge >= 0.3 is 5.76 Å². The van der Waals surface area contributed by atoms with Crippen LogP contribution in [0.25, 0.3) is 11.1 Å². The highest BCUT2D eigenvalue weighted by molar-refractivity contribution is 14.1. The summed E-state index contributed by atoms with van der Waals surface area (Å²) in [5, 5.41) is 0. The molecule has 0 saturated heterocycles. The topological polar surface area (TPSA) is 35.1 Å². The number of benzene rings is 1. The van der Waals surface area contributed by atoms with Crippen molar-refractivity contribution in [3.05, 3.63) is 34.3 Å². The first kappa shape index (κ1) is 9.34. The second-order valence-corrected chi connectivity index (χ2v) is 3.76. The fourth-order valence-electron chi connectivity index (χ4n) is 1.35. The van der Waals surface area contributed by atoms with Crippen LogP contribution in [0.1, 0.15) is 5.56 Å². The van der Waals surface area contributed by atoms with Crippen molar-refractivity contribution in [3.63, 3.8) is 0 Å². The zero-order valence-corrected chi connectivity index (χ0v) is 9.32. The maximum atomic E-state index is 11.2. The van der Waals surface area contributed by atoms with E-state index < -0.39 is 0 Å². The lowest BCUT2D eigenvalue weighted by Crippen LogP contribution is -2.03. The Kier molecular flexibility index (Phi) is 2.33. The van der Waals surface area contributed by atoms with Gasteiger partial charge in [-0.15, -0.1) is 12.3 Å². The number of oxazole rings is 1. The van der Waals surface area contributed by atoms with Crippen LogP contribution in [0.4, 0.5) is 0 Å². The molecular weight excluding hydrogens is 293 g/mol. The van der Waals surface area contributed by atoms with Gasteiger partial charge in [0.05, 0.1) is 22.9 Å². The van der Waals surface area contributed by atoms with Crippen LogP contribution in [0.15, 0.2) is 27.4 Å². The number of para-hydroxylation sites is 1. The van der Waals surface area contributed by atoms with E-state index in [1.807, 2.05) is 35.0 Å². The molecule has 4 heteroatoms. The molecule has 0 aliphatic carbocycles. The standard InChI is InChI=1S/C10H6INO2/c1-2-4-7-5-3-6-8-9(7)12(11)10(13)14-8/h1,3,5-6H,4H2. The van der Waals surface area contributed by atoms with E-state index in [9.17, 15) is 4.79 Å². The Bertz CT molecular complexity index is 574. The Hall–Kier alpha value is -1.22. The molecule has 0 saturated carbocycles. The fourth-order valence-corrected chi connectivity index (χ4v) is 2.00. The average molecular weight is 299 g/mol. The molecule has 0 bridgehead atoms. The summed E-state index contributed by atoms with van der Waals surface area (Å²) in [7, 11) is 0. The predicted molar refractivity (Wildman–Crippen MR) is 62.4 cm³/mol. The smallest absolute Gasteiger partial charge is 0.407 e. The van der Waals surface area contributed by atoms with E-state index in [0.29, 0.717) is 12.0 Å². The summed E-state index contributed by atoms with van der Waals surface area (Å²) in [5.74, 6) is 2.18. The molecule has 2 rings (SSSR count). The summed E-state index contributed by atoms with van der Waals surface area (Å²) < 4.78 is 6.46. The van der Waals surface area contributed by atoms with E-state index in [4.69, 9.17) is 10.8 Å². The molecule has 1 heterocycles. The van der Waals surface area contributed by atoms with Gasteiger partial charge in [0.2, 0.25) is 0 Å². The molecule has 0 radical (unpaired) electrons. The van der Waals surface area contributed by atoms with Gasteiger partial charge in [-0.3, -0.25) is 0 Å². The molecule has 70 valence electrons. The first-order valence-electron chi connectivity index (χ1n) is 3.97. The van der Waals surface area contributed by atoms with Crippen molar-refractivity contribution in [1.29, 1.82) is 0 Å². The van der Waals surface area contributed by atoms with Gasteiger partial charge in [0.1, 0.15) is 5.52 Å². The Morgan fingerprint density at radius 1 is 1.57 bits per heavy atom. The number of fused-ring (bicyclic) bond motifs is 1. The van der Waals surface area contributed by atoms with Crippen molar-refractivity contribution in [2.45, 2.75) is 6.42 Å². The Morgan fingerprint density at radius 3 is 3.07 bits per heavy atom. The highest BCUT2D eigenvalue weighted by Crippen LogP contribution is 2.19. The zero-order chi connectivity index (χ0) is 10.1. The summed E-state index contributed by atoms with van der Waals surface area (Å²) in [6.45, 7) is 0. The van der Waals surface area contributed by atoms with Gasteiger partial charge < -0.3 is 4.42 Å². The van der Waals surface area contributed by atoms with Crippen LogP contribution < -0.4 is 5.76 Å². The van der Waals surface area contributed by atoms with Crippen LogP contribution in [-0.4, -0.2) is 2.78 Å². The molecule has 0 unspecified atom stereocenters.